The van der Waals surface area contributed by atoms with Crippen LogP contribution >= 0.6 is 0 Å². The smallest absolute Gasteiger partial charge is 0.239 e. The number of hydrogen-bond donors (Lipinski definition) is 1. The van der Waals surface area contributed by atoms with Gasteiger partial charge in [0.25, 0.3) is 0 Å². The predicted molar refractivity (Wildman–Crippen MR) is 131 cm³/mol. The molecule has 0 aliphatic carbocycles. The molecule has 1 amide bonds. The van der Waals surface area contributed by atoms with Crippen LogP contribution in [0.5, 0.6) is 11.5 Å². The molecule has 1 aliphatic heterocycles. The van der Waals surface area contributed by atoms with Crippen molar-refractivity contribution in [3.05, 3.63) is 94.5 Å². The van der Waals surface area contributed by atoms with Crippen LogP contribution < -0.4 is 15.2 Å². The molecule has 172 valence electrons. The van der Waals surface area contributed by atoms with E-state index in [1.54, 1.807) is 14.2 Å². The molecule has 0 saturated heterocycles. The van der Waals surface area contributed by atoms with Crippen molar-refractivity contribution in [3.8, 4) is 11.5 Å². The Morgan fingerprint density at radius 1 is 1.03 bits per heavy atom. The second-order valence-corrected chi connectivity index (χ2v) is 8.65. The minimum absolute atomic E-state index is 0.0202. The topological polar surface area (TPSA) is 64.8 Å². The van der Waals surface area contributed by atoms with Gasteiger partial charge in [-0.2, -0.15) is 0 Å². The van der Waals surface area contributed by atoms with Gasteiger partial charge in [-0.1, -0.05) is 60.2 Å². The second-order valence-electron chi connectivity index (χ2n) is 8.65. The number of nitrogens with two attached hydrogens (primary N) is 1. The highest BCUT2D eigenvalue weighted by molar-refractivity contribution is 5.81. The Hall–Kier alpha value is -3.31. The number of carbonyl (C=O) groups is 1. The average Bonchev–Trinajstić information content (AvgIpc) is 2.83. The molecule has 4 rings (SSSR count). The summed E-state index contributed by atoms with van der Waals surface area (Å²) in [6.45, 7) is 2.85. The fraction of sp³-hybridized carbons (Fsp3) is 0.321. The van der Waals surface area contributed by atoms with Gasteiger partial charge in [-0.3, -0.25) is 9.69 Å². The van der Waals surface area contributed by atoms with E-state index < -0.39 is 6.04 Å². The molecule has 0 spiro atoms. The fourth-order valence-corrected chi connectivity index (χ4v) is 5.00. The zero-order chi connectivity index (χ0) is 23.4. The van der Waals surface area contributed by atoms with E-state index in [4.69, 9.17) is 15.2 Å². The number of carbonyl (C=O) groups excluding carboxylic acids is 1. The summed E-state index contributed by atoms with van der Waals surface area (Å²) >= 11 is 0. The fourth-order valence-electron chi connectivity index (χ4n) is 5.00. The first kappa shape index (κ1) is 22.9. The van der Waals surface area contributed by atoms with Gasteiger partial charge in [-0.25, -0.2) is 0 Å². The van der Waals surface area contributed by atoms with Gasteiger partial charge in [0.05, 0.1) is 14.2 Å². The van der Waals surface area contributed by atoms with Crippen LogP contribution in [0, 0.1) is 6.92 Å². The first-order chi connectivity index (χ1) is 16.0. The Morgan fingerprint density at radius 3 is 2.42 bits per heavy atom. The average molecular weight is 445 g/mol. The Balaban J connectivity index is 1.76. The Labute approximate surface area is 196 Å². The van der Waals surface area contributed by atoms with Gasteiger partial charge < -0.3 is 15.2 Å². The zero-order valence-corrected chi connectivity index (χ0v) is 19.6. The summed E-state index contributed by atoms with van der Waals surface area (Å²) in [4.78, 5) is 15.0. The lowest BCUT2D eigenvalue weighted by Gasteiger charge is -2.41. The quantitative estimate of drug-likeness (QED) is 0.544. The zero-order valence-electron chi connectivity index (χ0n) is 19.6. The van der Waals surface area contributed by atoms with Crippen LogP contribution in [0.25, 0.3) is 0 Å². The molecule has 0 fully saturated rings. The van der Waals surface area contributed by atoms with Crippen molar-refractivity contribution in [1.82, 2.24) is 4.90 Å². The van der Waals surface area contributed by atoms with Crippen LogP contribution in [0.2, 0.25) is 0 Å². The maximum atomic E-state index is 12.7. The van der Waals surface area contributed by atoms with E-state index in [0.29, 0.717) is 5.75 Å². The summed E-state index contributed by atoms with van der Waals surface area (Å²) in [6, 6.07) is 22.1. The van der Waals surface area contributed by atoms with Crippen molar-refractivity contribution in [3.63, 3.8) is 0 Å². The SMILES string of the molecule is COc1cc2c(cc1OC)C(CCc1cccc(C)c1)N(C(C(N)=O)c1ccccc1)CC2. The summed E-state index contributed by atoms with van der Waals surface area (Å²) in [5.74, 6) is 1.11. The number of aryl methyl sites for hydroxylation is 2. The van der Waals surface area contributed by atoms with Crippen molar-refractivity contribution >= 4 is 5.91 Å². The summed E-state index contributed by atoms with van der Waals surface area (Å²) in [5.41, 5.74) is 11.9. The lowest BCUT2D eigenvalue weighted by Crippen LogP contribution is -2.44. The summed E-state index contributed by atoms with van der Waals surface area (Å²) in [5, 5.41) is 0. The van der Waals surface area contributed by atoms with Crippen LogP contribution in [-0.4, -0.2) is 31.6 Å². The first-order valence-electron chi connectivity index (χ1n) is 11.4. The van der Waals surface area contributed by atoms with E-state index in [1.807, 2.05) is 30.3 Å². The maximum absolute atomic E-state index is 12.7. The molecule has 2 atom stereocenters. The number of benzene rings is 3. The molecule has 2 unspecified atom stereocenters. The van der Waals surface area contributed by atoms with Crippen molar-refractivity contribution in [2.24, 2.45) is 5.73 Å². The Kier molecular flexibility index (Phi) is 6.99. The van der Waals surface area contributed by atoms with Crippen LogP contribution in [0.15, 0.2) is 66.7 Å². The third-order valence-corrected chi connectivity index (χ3v) is 6.55. The van der Waals surface area contributed by atoms with Crippen molar-refractivity contribution < 1.29 is 14.3 Å². The van der Waals surface area contributed by atoms with Gasteiger partial charge in [-0.05, 0) is 60.6 Å². The van der Waals surface area contributed by atoms with Gasteiger partial charge >= 0.3 is 0 Å². The van der Waals surface area contributed by atoms with Crippen LogP contribution in [0.4, 0.5) is 0 Å². The predicted octanol–water partition coefficient (Wildman–Crippen LogP) is 4.77. The number of hydrogen-bond acceptors (Lipinski definition) is 4. The molecule has 1 heterocycles. The minimum Gasteiger partial charge on any atom is -0.493 e. The Morgan fingerprint density at radius 2 is 1.76 bits per heavy atom. The highest BCUT2D eigenvalue weighted by Crippen LogP contribution is 2.43. The highest BCUT2D eigenvalue weighted by atomic mass is 16.5. The second kappa shape index (κ2) is 10.1. The molecular formula is C28H32N2O3. The maximum Gasteiger partial charge on any atom is 0.239 e. The van der Waals surface area contributed by atoms with Crippen LogP contribution in [0.1, 0.15) is 46.3 Å². The molecule has 3 aromatic rings. The Bertz CT molecular complexity index is 1110. The molecule has 3 aromatic carbocycles. The van der Waals surface area contributed by atoms with Crippen molar-refractivity contribution in [1.29, 1.82) is 0 Å². The third-order valence-electron chi connectivity index (χ3n) is 6.55. The lowest BCUT2D eigenvalue weighted by molar-refractivity contribution is -0.124. The molecule has 0 bridgehead atoms. The summed E-state index contributed by atoms with van der Waals surface area (Å²) in [7, 11) is 3.32. The van der Waals surface area contributed by atoms with Gasteiger partial charge in [0.2, 0.25) is 5.91 Å². The number of fused-ring (bicyclic) bond motifs is 1. The van der Waals surface area contributed by atoms with Gasteiger partial charge in [0.1, 0.15) is 6.04 Å². The highest BCUT2D eigenvalue weighted by Gasteiger charge is 2.36. The molecule has 1 aliphatic rings. The lowest BCUT2D eigenvalue weighted by atomic mass is 9.86. The first-order valence-corrected chi connectivity index (χ1v) is 11.4. The van der Waals surface area contributed by atoms with E-state index >= 15 is 0 Å². The number of methoxy groups -OCH3 is 2. The van der Waals surface area contributed by atoms with E-state index in [9.17, 15) is 4.79 Å². The van der Waals surface area contributed by atoms with E-state index in [1.165, 1.54) is 22.3 Å². The molecular weight excluding hydrogens is 412 g/mol. The molecule has 33 heavy (non-hydrogen) atoms. The van der Waals surface area contributed by atoms with Gasteiger partial charge in [0, 0.05) is 12.6 Å². The van der Waals surface area contributed by atoms with Crippen molar-refractivity contribution in [2.75, 3.05) is 20.8 Å². The normalized spacial score (nSPS) is 16.6. The molecule has 0 saturated carbocycles. The molecule has 2 N–H and O–H groups in total. The number of primary amides is 1. The van der Waals surface area contributed by atoms with Gasteiger partial charge in [0.15, 0.2) is 11.5 Å². The molecule has 0 radical (unpaired) electrons. The van der Waals surface area contributed by atoms with Crippen LogP contribution in [0.3, 0.4) is 0 Å². The van der Waals surface area contributed by atoms with E-state index in [-0.39, 0.29) is 11.9 Å². The third kappa shape index (κ3) is 4.88. The van der Waals surface area contributed by atoms with E-state index in [0.717, 1.165) is 37.1 Å². The van der Waals surface area contributed by atoms with Crippen LogP contribution in [-0.2, 0) is 17.6 Å². The number of nitrogens with zero attached hydrogens (tertiary/aromatic N) is 1. The number of ether oxygens (including phenoxy) is 2. The van der Waals surface area contributed by atoms with Crippen molar-refractivity contribution in [2.45, 2.75) is 38.3 Å². The molecule has 5 heteroatoms. The molecule has 5 nitrogen and oxygen atoms in total. The standard InChI is InChI=1S/C28H32N2O3/c1-19-8-7-9-20(16-19)12-13-24-23-18-26(33-3)25(32-2)17-22(23)14-15-30(24)27(28(29)31)21-10-5-4-6-11-21/h4-11,16-18,24,27H,12-15H2,1-3H3,(H2,29,31). The monoisotopic (exact) mass is 444 g/mol. The summed E-state index contributed by atoms with van der Waals surface area (Å²) < 4.78 is 11.2. The molecule has 0 aromatic heterocycles. The summed E-state index contributed by atoms with van der Waals surface area (Å²) in [6.07, 6.45) is 2.58. The number of rotatable bonds is 8. The van der Waals surface area contributed by atoms with E-state index in [2.05, 4.69) is 48.2 Å². The number of amides is 1. The largest absolute Gasteiger partial charge is 0.493 e. The van der Waals surface area contributed by atoms with Gasteiger partial charge in [-0.15, -0.1) is 0 Å². The minimum atomic E-state index is -0.491.